The molecular weight excluding hydrogens is 248 g/mol. The van der Waals surface area contributed by atoms with E-state index >= 15 is 0 Å². The van der Waals surface area contributed by atoms with Gasteiger partial charge in [0.15, 0.2) is 0 Å². The first-order valence-electron chi connectivity index (χ1n) is 7.41. The fourth-order valence-corrected chi connectivity index (χ4v) is 2.89. The Morgan fingerprint density at radius 1 is 0.750 bits per heavy atom. The van der Waals surface area contributed by atoms with E-state index in [0.717, 1.165) is 11.1 Å². The first-order valence-corrected chi connectivity index (χ1v) is 7.41. The molecule has 2 nitrogen and oxygen atoms in total. The third kappa shape index (κ3) is 3.89. The number of aliphatic hydroxyl groups is 2. The molecule has 3 aliphatic rings. The van der Waals surface area contributed by atoms with Crippen molar-refractivity contribution < 1.29 is 10.2 Å². The van der Waals surface area contributed by atoms with E-state index in [4.69, 9.17) is 0 Å². The van der Waals surface area contributed by atoms with E-state index in [0.29, 0.717) is 11.8 Å². The van der Waals surface area contributed by atoms with Gasteiger partial charge in [-0.2, -0.15) is 0 Å². The Kier molecular flexibility index (Phi) is 4.01. The maximum atomic E-state index is 9.79. The van der Waals surface area contributed by atoms with Gasteiger partial charge in [-0.05, 0) is 65.2 Å². The van der Waals surface area contributed by atoms with Crippen LogP contribution in [0.15, 0.2) is 11.1 Å². The van der Waals surface area contributed by atoms with Crippen LogP contribution in [0.2, 0.25) is 0 Å². The molecule has 0 atom stereocenters. The minimum atomic E-state index is -0.974. The summed E-state index contributed by atoms with van der Waals surface area (Å²) in [5.41, 5.74) is 0.259. The van der Waals surface area contributed by atoms with Crippen LogP contribution in [-0.4, -0.2) is 21.4 Å². The van der Waals surface area contributed by atoms with Crippen molar-refractivity contribution in [3.8, 4) is 23.7 Å². The van der Waals surface area contributed by atoms with Gasteiger partial charge in [0.25, 0.3) is 0 Å². The molecule has 0 unspecified atom stereocenters. The van der Waals surface area contributed by atoms with Crippen molar-refractivity contribution in [1.82, 2.24) is 0 Å². The third-order valence-electron chi connectivity index (χ3n) is 3.84. The van der Waals surface area contributed by atoms with Gasteiger partial charge < -0.3 is 10.2 Å². The van der Waals surface area contributed by atoms with Gasteiger partial charge in [-0.25, -0.2) is 0 Å². The van der Waals surface area contributed by atoms with Gasteiger partial charge in [0, 0.05) is 11.1 Å². The predicted molar refractivity (Wildman–Crippen MR) is 80.6 cm³/mol. The summed E-state index contributed by atoms with van der Waals surface area (Å²) in [5, 5.41) is 19.6. The molecule has 1 saturated carbocycles. The van der Waals surface area contributed by atoms with E-state index in [9.17, 15) is 10.2 Å². The van der Waals surface area contributed by atoms with Gasteiger partial charge >= 0.3 is 0 Å². The molecule has 0 aromatic heterocycles. The Morgan fingerprint density at radius 3 is 1.30 bits per heavy atom. The lowest BCUT2D eigenvalue weighted by atomic mass is 9.67. The minimum absolute atomic E-state index is 0.487. The highest BCUT2D eigenvalue weighted by Crippen LogP contribution is 2.44. The lowest BCUT2D eigenvalue weighted by Gasteiger charge is -2.36. The summed E-state index contributed by atoms with van der Waals surface area (Å²) in [5.74, 6) is 13.2. The smallest absolute Gasteiger partial charge is 0.120 e. The Labute approximate surface area is 122 Å². The number of rotatable bonds is 0. The second kappa shape index (κ2) is 5.28. The van der Waals surface area contributed by atoms with E-state index in [-0.39, 0.29) is 0 Å². The van der Waals surface area contributed by atoms with Crippen molar-refractivity contribution in [2.75, 3.05) is 0 Å². The fourth-order valence-electron chi connectivity index (χ4n) is 2.89. The molecule has 3 aliphatic carbocycles. The quantitative estimate of drug-likeness (QED) is 0.666. The van der Waals surface area contributed by atoms with Crippen LogP contribution in [0.25, 0.3) is 0 Å². The average molecular weight is 272 g/mol. The van der Waals surface area contributed by atoms with Crippen LogP contribution in [-0.2, 0) is 0 Å². The second-order valence-corrected chi connectivity index (χ2v) is 6.99. The topological polar surface area (TPSA) is 40.5 Å². The second-order valence-electron chi connectivity index (χ2n) is 6.99. The molecule has 0 aliphatic heterocycles. The first kappa shape index (κ1) is 15.2. The van der Waals surface area contributed by atoms with Gasteiger partial charge in [-0.1, -0.05) is 23.7 Å². The van der Waals surface area contributed by atoms with Gasteiger partial charge in [-0.15, -0.1) is 0 Å². The van der Waals surface area contributed by atoms with Gasteiger partial charge in [0.05, 0.1) is 0 Å². The molecule has 2 bridgehead atoms. The monoisotopic (exact) mass is 272 g/mol. The van der Waals surface area contributed by atoms with E-state index < -0.39 is 11.2 Å². The van der Waals surface area contributed by atoms with Crippen molar-refractivity contribution in [2.45, 2.75) is 64.6 Å². The minimum Gasteiger partial charge on any atom is -0.378 e. The summed E-state index contributed by atoms with van der Waals surface area (Å²) in [4.78, 5) is 0. The molecule has 1 fully saturated rings. The standard InChI is InChI=1S/C18H24O2/c1-17(2,19)11-9-15-13-5-7-14(8-6-13)16(15)10-12-18(3,4)20/h13-14,19-20H,5-8H2,1-4H3. The lowest BCUT2D eigenvalue weighted by Crippen LogP contribution is -2.26. The molecule has 108 valence electrons. The van der Waals surface area contributed by atoms with Crippen LogP contribution in [0.5, 0.6) is 0 Å². The normalized spacial score (nSPS) is 25.7. The molecule has 2 N–H and O–H groups in total. The largest absolute Gasteiger partial charge is 0.378 e. The molecule has 0 heterocycles. The maximum absolute atomic E-state index is 9.79. The molecule has 0 saturated heterocycles. The van der Waals surface area contributed by atoms with Crippen LogP contribution < -0.4 is 0 Å². The zero-order chi connectivity index (χ0) is 15.0. The molecule has 2 heteroatoms. The molecule has 0 spiro atoms. The maximum Gasteiger partial charge on any atom is 0.120 e. The highest BCUT2D eigenvalue weighted by atomic mass is 16.3. The average Bonchev–Trinajstić information content (AvgIpc) is 2.33. The summed E-state index contributed by atoms with van der Waals surface area (Å²) < 4.78 is 0. The number of hydrogen-bond donors (Lipinski definition) is 2. The van der Waals surface area contributed by atoms with E-state index in [1.807, 2.05) is 0 Å². The summed E-state index contributed by atoms with van der Waals surface area (Å²) in [6.45, 7) is 6.79. The van der Waals surface area contributed by atoms with Crippen LogP contribution >= 0.6 is 0 Å². The van der Waals surface area contributed by atoms with Crippen LogP contribution in [0, 0.1) is 35.5 Å². The Balaban J connectivity index is 2.42. The summed E-state index contributed by atoms with van der Waals surface area (Å²) in [6, 6.07) is 0. The SMILES string of the molecule is CC(C)(O)C#CC1=C(C#CC(C)(C)O)C2CCC1CC2. The number of hydrogen-bond acceptors (Lipinski definition) is 2. The Bertz CT molecular complexity index is 474. The van der Waals surface area contributed by atoms with Crippen LogP contribution in [0.3, 0.4) is 0 Å². The molecule has 0 aromatic rings. The summed E-state index contributed by atoms with van der Waals surface area (Å²) in [7, 11) is 0. The Hall–Kier alpha value is -1.22. The van der Waals surface area contributed by atoms with Crippen molar-refractivity contribution in [3.63, 3.8) is 0 Å². The molecule has 3 rings (SSSR count). The van der Waals surface area contributed by atoms with Crippen molar-refractivity contribution in [1.29, 1.82) is 0 Å². The van der Waals surface area contributed by atoms with Crippen LogP contribution in [0.1, 0.15) is 53.4 Å². The van der Waals surface area contributed by atoms with Gasteiger partial charge in [0.1, 0.15) is 11.2 Å². The number of allylic oxidation sites excluding steroid dienone is 2. The third-order valence-corrected chi connectivity index (χ3v) is 3.84. The molecule has 0 amide bonds. The molecule has 0 aromatic carbocycles. The highest BCUT2D eigenvalue weighted by molar-refractivity contribution is 5.50. The Morgan fingerprint density at radius 2 is 1.05 bits per heavy atom. The van der Waals surface area contributed by atoms with Crippen molar-refractivity contribution >= 4 is 0 Å². The fraction of sp³-hybridized carbons (Fsp3) is 0.667. The van der Waals surface area contributed by atoms with Crippen LogP contribution in [0.4, 0.5) is 0 Å². The van der Waals surface area contributed by atoms with E-state index in [2.05, 4.69) is 23.7 Å². The van der Waals surface area contributed by atoms with Gasteiger partial charge in [-0.3, -0.25) is 0 Å². The van der Waals surface area contributed by atoms with Gasteiger partial charge in [0.2, 0.25) is 0 Å². The van der Waals surface area contributed by atoms with Crippen molar-refractivity contribution in [2.24, 2.45) is 11.8 Å². The summed E-state index contributed by atoms with van der Waals surface area (Å²) >= 11 is 0. The zero-order valence-corrected chi connectivity index (χ0v) is 12.9. The molecule has 0 radical (unpaired) electrons. The predicted octanol–water partition coefficient (Wildman–Crippen LogP) is 2.65. The lowest BCUT2D eigenvalue weighted by molar-refractivity contribution is 0.143. The number of fused-ring (bicyclic) bond motifs is 2. The molecular formula is C18H24O2. The van der Waals surface area contributed by atoms with E-state index in [1.165, 1.54) is 25.7 Å². The van der Waals surface area contributed by atoms with Crippen molar-refractivity contribution in [3.05, 3.63) is 11.1 Å². The first-order chi connectivity index (χ1) is 9.16. The summed E-state index contributed by atoms with van der Waals surface area (Å²) in [6.07, 6.45) is 4.70. The highest BCUT2D eigenvalue weighted by Gasteiger charge is 2.34. The molecule has 20 heavy (non-hydrogen) atoms. The van der Waals surface area contributed by atoms with E-state index in [1.54, 1.807) is 27.7 Å². The zero-order valence-electron chi connectivity index (χ0n) is 12.9.